The van der Waals surface area contributed by atoms with Gasteiger partial charge in [0, 0.05) is 25.7 Å². The molecule has 2 aromatic carbocycles. The number of benzene rings is 2. The lowest BCUT2D eigenvalue weighted by molar-refractivity contribution is -0.384. The summed E-state index contributed by atoms with van der Waals surface area (Å²) in [5.74, 6) is -1.09. The molecule has 148 valence electrons. The molecule has 1 N–H and O–H groups in total. The van der Waals surface area contributed by atoms with Gasteiger partial charge in [0.25, 0.3) is 11.6 Å². The van der Waals surface area contributed by atoms with Crippen LogP contribution < -0.4 is 5.32 Å². The van der Waals surface area contributed by atoms with Gasteiger partial charge in [-0.2, -0.15) is 0 Å². The largest absolute Gasteiger partial charge is 0.452 e. The highest BCUT2D eigenvalue weighted by Gasteiger charge is 2.20. The van der Waals surface area contributed by atoms with E-state index in [2.05, 4.69) is 5.32 Å². The van der Waals surface area contributed by atoms with Crippen molar-refractivity contribution in [1.29, 1.82) is 0 Å². The van der Waals surface area contributed by atoms with E-state index in [9.17, 15) is 19.7 Å². The molecule has 2 aromatic rings. The first-order valence-corrected chi connectivity index (χ1v) is 8.97. The van der Waals surface area contributed by atoms with Crippen molar-refractivity contribution in [3.8, 4) is 0 Å². The molecule has 0 atom stereocenters. The van der Waals surface area contributed by atoms with E-state index in [1.54, 1.807) is 0 Å². The summed E-state index contributed by atoms with van der Waals surface area (Å²) in [6, 6.07) is 13.5. The smallest absolute Gasteiger partial charge is 0.338 e. The van der Waals surface area contributed by atoms with Crippen molar-refractivity contribution < 1.29 is 19.2 Å². The van der Waals surface area contributed by atoms with Gasteiger partial charge < -0.3 is 15.0 Å². The molecule has 2 rings (SSSR count). The molecule has 0 spiro atoms. The molecular formula is C20H23N3O5. The van der Waals surface area contributed by atoms with Gasteiger partial charge in [-0.1, -0.05) is 30.3 Å². The van der Waals surface area contributed by atoms with Crippen LogP contribution in [-0.2, 0) is 16.1 Å². The Morgan fingerprint density at radius 3 is 2.39 bits per heavy atom. The Morgan fingerprint density at radius 1 is 1.11 bits per heavy atom. The summed E-state index contributed by atoms with van der Waals surface area (Å²) in [5, 5.41) is 14.4. The maximum absolute atomic E-state index is 12.2. The van der Waals surface area contributed by atoms with Crippen molar-refractivity contribution in [2.45, 2.75) is 20.4 Å². The van der Waals surface area contributed by atoms with Crippen LogP contribution in [0.25, 0.3) is 0 Å². The van der Waals surface area contributed by atoms with E-state index < -0.39 is 17.5 Å². The number of nitro groups is 1. The summed E-state index contributed by atoms with van der Waals surface area (Å²) in [5.41, 5.74) is 1.05. The van der Waals surface area contributed by atoms with Crippen molar-refractivity contribution in [2.75, 3.05) is 25.0 Å². The molecule has 0 fully saturated rings. The second kappa shape index (κ2) is 10.1. The van der Waals surface area contributed by atoms with E-state index in [0.717, 1.165) is 11.6 Å². The number of esters is 1. The minimum Gasteiger partial charge on any atom is -0.452 e. The molecule has 0 heterocycles. The van der Waals surface area contributed by atoms with Crippen LogP contribution >= 0.6 is 0 Å². The highest BCUT2D eigenvalue weighted by Crippen LogP contribution is 2.26. The second-order valence-electron chi connectivity index (χ2n) is 5.97. The van der Waals surface area contributed by atoms with E-state index in [-0.39, 0.29) is 17.2 Å². The number of carbonyl (C=O) groups excluding carboxylic acids is 2. The third-order valence-electron chi connectivity index (χ3n) is 4.20. The first kappa shape index (κ1) is 20.9. The highest BCUT2D eigenvalue weighted by atomic mass is 16.6. The zero-order chi connectivity index (χ0) is 20.5. The number of anilines is 1. The summed E-state index contributed by atoms with van der Waals surface area (Å²) in [6.45, 7) is 4.69. The number of rotatable bonds is 9. The Hall–Kier alpha value is -3.42. The molecule has 0 aliphatic heterocycles. The van der Waals surface area contributed by atoms with Crippen molar-refractivity contribution in [1.82, 2.24) is 4.90 Å². The molecule has 0 aromatic heterocycles. The monoisotopic (exact) mass is 385 g/mol. The van der Waals surface area contributed by atoms with E-state index in [4.69, 9.17) is 4.74 Å². The van der Waals surface area contributed by atoms with Crippen LogP contribution in [0.2, 0.25) is 0 Å². The van der Waals surface area contributed by atoms with E-state index >= 15 is 0 Å². The highest BCUT2D eigenvalue weighted by molar-refractivity contribution is 5.93. The van der Waals surface area contributed by atoms with Gasteiger partial charge in [0.1, 0.15) is 5.69 Å². The Bertz CT molecular complexity index is 835. The summed E-state index contributed by atoms with van der Waals surface area (Å²) in [6.07, 6.45) is 0. The lowest BCUT2D eigenvalue weighted by atomic mass is 10.1. The van der Waals surface area contributed by atoms with Crippen LogP contribution in [0.1, 0.15) is 29.8 Å². The molecule has 0 aliphatic rings. The molecule has 0 radical (unpaired) electrons. The molecular weight excluding hydrogens is 362 g/mol. The second-order valence-corrected chi connectivity index (χ2v) is 5.97. The predicted octanol–water partition coefficient (Wildman–Crippen LogP) is 3.23. The minimum absolute atomic E-state index is 0.0179. The van der Waals surface area contributed by atoms with Gasteiger partial charge in [0.2, 0.25) is 0 Å². The van der Waals surface area contributed by atoms with Crippen LogP contribution in [-0.4, -0.2) is 41.4 Å². The molecule has 0 bridgehead atoms. The van der Waals surface area contributed by atoms with Gasteiger partial charge in [0.05, 0.1) is 10.5 Å². The van der Waals surface area contributed by atoms with E-state index in [1.165, 1.54) is 17.0 Å². The lowest BCUT2D eigenvalue weighted by Gasteiger charge is -2.18. The number of nitrogens with one attached hydrogen (secondary N) is 1. The van der Waals surface area contributed by atoms with Crippen LogP contribution in [0, 0.1) is 10.1 Å². The third-order valence-corrected chi connectivity index (χ3v) is 4.20. The van der Waals surface area contributed by atoms with E-state index in [0.29, 0.717) is 25.3 Å². The third kappa shape index (κ3) is 5.54. The first-order chi connectivity index (χ1) is 13.5. The van der Waals surface area contributed by atoms with Gasteiger partial charge in [-0.15, -0.1) is 0 Å². The Balaban J connectivity index is 2.07. The van der Waals surface area contributed by atoms with Crippen molar-refractivity contribution in [3.05, 3.63) is 69.8 Å². The zero-order valence-corrected chi connectivity index (χ0v) is 15.9. The zero-order valence-electron chi connectivity index (χ0n) is 15.9. The summed E-state index contributed by atoms with van der Waals surface area (Å²) in [7, 11) is 0. The molecule has 0 aliphatic carbocycles. The fourth-order valence-corrected chi connectivity index (χ4v) is 2.63. The molecule has 28 heavy (non-hydrogen) atoms. The number of hydrogen-bond donors (Lipinski definition) is 1. The topological polar surface area (TPSA) is 102 Å². The first-order valence-electron chi connectivity index (χ1n) is 8.97. The Morgan fingerprint density at radius 2 is 1.79 bits per heavy atom. The molecule has 8 nitrogen and oxygen atoms in total. The predicted molar refractivity (Wildman–Crippen MR) is 105 cm³/mol. The maximum Gasteiger partial charge on any atom is 0.338 e. The molecule has 0 saturated heterocycles. The van der Waals surface area contributed by atoms with Gasteiger partial charge >= 0.3 is 5.97 Å². The van der Waals surface area contributed by atoms with E-state index in [1.807, 2.05) is 44.2 Å². The van der Waals surface area contributed by atoms with Crippen molar-refractivity contribution in [2.24, 2.45) is 0 Å². The number of nitrogens with zero attached hydrogens (tertiary/aromatic N) is 2. The van der Waals surface area contributed by atoms with Gasteiger partial charge in [-0.05, 0) is 31.5 Å². The quantitative estimate of drug-likeness (QED) is 0.404. The van der Waals surface area contributed by atoms with Crippen molar-refractivity contribution in [3.63, 3.8) is 0 Å². The molecule has 8 heteroatoms. The van der Waals surface area contributed by atoms with Crippen LogP contribution in [0.15, 0.2) is 48.5 Å². The standard InChI is InChI=1S/C20H23N3O5/c1-3-22(4-2)19(24)14-28-20(25)16-10-11-17(18(12-16)23(26)27)21-13-15-8-6-5-7-9-15/h5-12,21H,3-4,13-14H2,1-2H3. The fraction of sp³-hybridized carbons (Fsp3) is 0.300. The number of carbonyl (C=O) groups is 2. The summed E-state index contributed by atoms with van der Waals surface area (Å²) in [4.78, 5) is 36.5. The molecule has 0 saturated carbocycles. The summed E-state index contributed by atoms with van der Waals surface area (Å²) >= 11 is 0. The van der Waals surface area contributed by atoms with Gasteiger partial charge in [-0.25, -0.2) is 4.79 Å². The minimum atomic E-state index is -0.779. The van der Waals surface area contributed by atoms with Crippen LogP contribution in [0.4, 0.5) is 11.4 Å². The summed E-state index contributed by atoms with van der Waals surface area (Å²) < 4.78 is 5.01. The fourth-order valence-electron chi connectivity index (χ4n) is 2.63. The van der Waals surface area contributed by atoms with Gasteiger partial charge in [0.15, 0.2) is 6.61 Å². The average Bonchev–Trinajstić information content (AvgIpc) is 2.72. The number of amides is 1. The number of likely N-dealkylation sites (N-methyl/N-ethyl adjacent to an activating group) is 1. The van der Waals surface area contributed by atoms with Crippen molar-refractivity contribution >= 4 is 23.3 Å². The Kier molecular flexibility index (Phi) is 7.50. The number of hydrogen-bond acceptors (Lipinski definition) is 6. The van der Waals surface area contributed by atoms with Crippen LogP contribution in [0.5, 0.6) is 0 Å². The Labute approximate surface area is 163 Å². The molecule has 0 unspecified atom stereocenters. The average molecular weight is 385 g/mol. The number of ether oxygens (including phenoxy) is 1. The van der Waals surface area contributed by atoms with Gasteiger partial charge in [-0.3, -0.25) is 14.9 Å². The molecule has 1 amide bonds. The normalized spacial score (nSPS) is 10.2. The SMILES string of the molecule is CCN(CC)C(=O)COC(=O)c1ccc(NCc2ccccc2)c([N+](=O)[O-])c1. The maximum atomic E-state index is 12.2. The van der Waals surface area contributed by atoms with Crippen LogP contribution in [0.3, 0.4) is 0 Å². The lowest BCUT2D eigenvalue weighted by Crippen LogP contribution is -2.34. The number of nitro benzene ring substituents is 1.